The van der Waals surface area contributed by atoms with E-state index in [1.54, 1.807) is 5.92 Å². The molecule has 0 saturated heterocycles. The van der Waals surface area contributed by atoms with Gasteiger partial charge in [0, 0.05) is 5.92 Å². The van der Waals surface area contributed by atoms with Crippen LogP contribution in [-0.2, 0) is 0 Å². The van der Waals surface area contributed by atoms with E-state index in [1.807, 2.05) is 0 Å². The Bertz CT molecular complexity index is 212. The zero-order valence-corrected chi connectivity index (χ0v) is 8.90. The van der Waals surface area contributed by atoms with Crippen molar-refractivity contribution in [1.29, 1.82) is 0 Å². The normalized spacial score (nSPS) is 13.1. The number of aliphatic hydroxyl groups is 1. The standard InChI is InChI=1S/C11H17F3O/c1-2-3-4-5-6-7-10(15)8-9-11(12,13)14/h10,15H,2-7H2,1H3. The zero-order valence-electron chi connectivity index (χ0n) is 8.90. The zero-order chi connectivity index (χ0) is 11.7. The molecule has 4 heteroatoms. The summed E-state index contributed by atoms with van der Waals surface area (Å²) >= 11 is 0. The van der Waals surface area contributed by atoms with E-state index in [-0.39, 0.29) is 0 Å². The van der Waals surface area contributed by atoms with E-state index >= 15 is 0 Å². The van der Waals surface area contributed by atoms with Crippen molar-refractivity contribution in [2.75, 3.05) is 0 Å². The van der Waals surface area contributed by atoms with Gasteiger partial charge in [-0.05, 0) is 12.8 Å². The van der Waals surface area contributed by atoms with Crippen molar-refractivity contribution >= 4 is 0 Å². The van der Waals surface area contributed by atoms with Gasteiger partial charge in [-0.3, -0.25) is 0 Å². The highest BCUT2D eigenvalue weighted by Gasteiger charge is 2.23. The number of aliphatic hydroxyl groups excluding tert-OH is 1. The molecule has 0 saturated carbocycles. The molecule has 1 N–H and O–H groups in total. The summed E-state index contributed by atoms with van der Waals surface area (Å²) < 4.78 is 34.9. The summed E-state index contributed by atoms with van der Waals surface area (Å²) in [6.07, 6.45) is -0.327. The van der Waals surface area contributed by atoms with E-state index in [9.17, 15) is 13.2 Å². The van der Waals surface area contributed by atoms with Crippen molar-refractivity contribution in [3.05, 3.63) is 0 Å². The third-order valence-corrected chi connectivity index (χ3v) is 1.96. The number of hydrogen-bond acceptors (Lipinski definition) is 1. The van der Waals surface area contributed by atoms with Gasteiger partial charge in [0.25, 0.3) is 0 Å². The molecule has 15 heavy (non-hydrogen) atoms. The lowest BCUT2D eigenvalue weighted by molar-refractivity contribution is -0.0700. The Morgan fingerprint density at radius 3 is 2.27 bits per heavy atom. The van der Waals surface area contributed by atoms with Crippen LogP contribution in [0.3, 0.4) is 0 Å². The molecule has 0 heterocycles. The molecule has 0 rings (SSSR count). The SMILES string of the molecule is CCCCCCCC(O)C#CC(F)(F)F. The van der Waals surface area contributed by atoms with Crippen LogP contribution in [0.2, 0.25) is 0 Å². The molecule has 0 aliphatic heterocycles. The van der Waals surface area contributed by atoms with Crippen LogP contribution in [0.4, 0.5) is 13.2 Å². The van der Waals surface area contributed by atoms with E-state index in [2.05, 4.69) is 6.92 Å². The lowest BCUT2D eigenvalue weighted by Gasteiger charge is -2.03. The van der Waals surface area contributed by atoms with Crippen LogP contribution >= 0.6 is 0 Å². The van der Waals surface area contributed by atoms with Crippen molar-refractivity contribution < 1.29 is 18.3 Å². The maximum atomic E-state index is 11.6. The summed E-state index contributed by atoms with van der Waals surface area (Å²) in [5.41, 5.74) is 0. The van der Waals surface area contributed by atoms with Crippen LogP contribution in [0, 0.1) is 11.8 Å². The highest BCUT2D eigenvalue weighted by Crippen LogP contribution is 2.12. The maximum absolute atomic E-state index is 11.6. The molecular formula is C11H17F3O. The molecule has 1 atom stereocenters. The van der Waals surface area contributed by atoms with Crippen LogP contribution in [0.1, 0.15) is 45.4 Å². The van der Waals surface area contributed by atoms with E-state index in [0.29, 0.717) is 6.42 Å². The van der Waals surface area contributed by atoms with Gasteiger partial charge in [0.05, 0.1) is 0 Å². The smallest absolute Gasteiger partial charge is 0.380 e. The Balaban J connectivity index is 3.56. The number of alkyl halides is 3. The summed E-state index contributed by atoms with van der Waals surface area (Å²) in [5, 5.41) is 9.10. The Kier molecular flexibility index (Phi) is 7.23. The quantitative estimate of drug-likeness (QED) is 0.540. The second kappa shape index (κ2) is 7.58. The molecule has 0 bridgehead atoms. The summed E-state index contributed by atoms with van der Waals surface area (Å²) in [7, 11) is 0. The molecule has 0 amide bonds. The topological polar surface area (TPSA) is 20.2 Å². The molecule has 0 aromatic carbocycles. The Hall–Kier alpha value is -0.690. The molecule has 0 radical (unpaired) electrons. The van der Waals surface area contributed by atoms with Crippen LogP contribution in [0.15, 0.2) is 0 Å². The summed E-state index contributed by atoms with van der Waals surface area (Å²) in [6.45, 7) is 2.09. The van der Waals surface area contributed by atoms with Crippen molar-refractivity contribution in [3.8, 4) is 11.8 Å². The van der Waals surface area contributed by atoms with Crippen molar-refractivity contribution in [2.24, 2.45) is 0 Å². The van der Waals surface area contributed by atoms with Crippen LogP contribution in [0.5, 0.6) is 0 Å². The maximum Gasteiger partial charge on any atom is 0.457 e. The molecule has 1 unspecified atom stereocenters. The van der Waals surface area contributed by atoms with Gasteiger partial charge >= 0.3 is 6.18 Å². The van der Waals surface area contributed by atoms with Gasteiger partial charge in [-0.25, -0.2) is 0 Å². The summed E-state index contributed by atoms with van der Waals surface area (Å²) in [6, 6.07) is 0. The van der Waals surface area contributed by atoms with Gasteiger partial charge in [-0.2, -0.15) is 13.2 Å². The molecule has 88 valence electrons. The van der Waals surface area contributed by atoms with Crippen molar-refractivity contribution in [2.45, 2.75) is 57.7 Å². The number of unbranched alkanes of at least 4 members (excludes halogenated alkanes) is 4. The van der Waals surface area contributed by atoms with Gasteiger partial charge in [-0.1, -0.05) is 38.5 Å². The fourth-order valence-corrected chi connectivity index (χ4v) is 1.18. The van der Waals surface area contributed by atoms with Crippen LogP contribution < -0.4 is 0 Å². The van der Waals surface area contributed by atoms with Gasteiger partial charge < -0.3 is 5.11 Å². The minimum Gasteiger partial charge on any atom is -0.380 e. The molecule has 0 aromatic heterocycles. The molecule has 0 aromatic rings. The van der Waals surface area contributed by atoms with E-state index in [0.717, 1.165) is 38.0 Å². The van der Waals surface area contributed by atoms with Gasteiger partial charge in [0.1, 0.15) is 6.10 Å². The summed E-state index contributed by atoms with van der Waals surface area (Å²) in [4.78, 5) is 0. The lowest BCUT2D eigenvalue weighted by Crippen LogP contribution is -2.07. The number of hydrogen-bond donors (Lipinski definition) is 1. The molecule has 0 aliphatic carbocycles. The molecule has 0 spiro atoms. The third kappa shape index (κ3) is 11.2. The predicted molar refractivity (Wildman–Crippen MR) is 53.2 cm³/mol. The van der Waals surface area contributed by atoms with E-state index in [1.165, 1.54) is 0 Å². The first-order valence-corrected chi connectivity index (χ1v) is 5.23. The minimum absolute atomic E-state index is 0.326. The highest BCUT2D eigenvalue weighted by molar-refractivity contribution is 5.09. The Morgan fingerprint density at radius 2 is 1.73 bits per heavy atom. The van der Waals surface area contributed by atoms with Crippen molar-refractivity contribution in [3.63, 3.8) is 0 Å². The Morgan fingerprint density at radius 1 is 1.13 bits per heavy atom. The first-order chi connectivity index (χ1) is 6.95. The molecule has 0 aliphatic rings. The summed E-state index contributed by atoms with van der Waals surface area (Å²) in [5.74, 6) is 2.87. The average Bonchev–Trinajstić information content (AvgIpc) is 2.13. The third-order valence-electron chi connectivity index (χ3n) is 1.96. The van der Waals surface area contributed by atoms with Crippen molar-refractivity contribution in [1.82, 2.24) is 0 Å². The highest BCUT2D eigenvalue weighted by atomic mass is 19.4. The fraction of sp³-hybridized carbons (Fsp3) is 0.818. The number of rotatable bonds is 6. The predicted octanol–water partition coefficient (Wildman–Crippen LogP) is 3.27. The minimum atomic E-state index is -4.50. The second-order valence-electron chi connectivity index (χ2n) is 3.49. The van der Waals surface area contributed by atoms with Gasteiger partial charge in [-0.15, -0.1) is 0 Å². The molecule has 0 fully saturated rings. The fourth-order valence-electron chi connectivity index (χ4n) is 1.18. The number of halogens is 3. The monoisotopic (exact) mass is 222 g/mol. The van der Waals surface area contributed by atoms with E-state index in [4.69, 9.17) is 5.11 Å². The van der Waals surface area contributed by atoms with Gasteiger partial charge in [0.2, 0.25) is 0 Å². The Labute approximate surface area is 88.7 Å². The first-order valence-electron chi connectivity index (χ1n) is 5.23. The largest absolute Gasteiger partial charge is 0.457 e. The van der Waals surface area contributed by atoms with Crippen LogP contribution in [0.25, 0.3) is 0 Å². The lowest BCUT2D eigenvalue weighted by atomic mass is 10.1. The average molecular weight is 222 g/mol. The van der Waals surface area contributed by atoms with Crippen LogP contribution in [-0.4, -0.2) is 17.4 Å². The van der Waals surface area contributed by atoms with E-state index < -0.39 is 12.3 Å². The molecule has 1 nitrogen and oxygen atoms in total. The second-order valence-corrected chi connectivity index (χ2v) is 3.49. The molecular weight excluding hydrogens is 205 g/mol. The first kappa shape index (κ1) is 14.3. The van der Waals surface area contributed by atoms with Gasteiger partial charge in [0.15, 0.2) is 0 Å².